The van der Waals surface area contributed by atoms with Crippen molar-refractivity contribution in [1.82, 2.24) is 0 Å². The summed E-state index contributed by atoms with van der Waals surface area (Å²) in [5.41, 5.74) is -3.96. The Morgan fingerprint density at radius 3 is 1.16 bits per heavy atom. The Kier molecular flexibility index (Phi) is 17.0. The lowest BCUT2D eigenvalue weighted by Gasteiger charge is -2.21. The maximum atomic E-state index is 14.1. The van der Waals surface area contributed by atoms with Gasteiger partial charge in [-0.1, -0.05) is 37.4 Å². The zero-order valence-electron chi connectivity index (χ0n) is 29.7. The van der Waals surface area contributed by atoms with Gasteiger partial charge in [0.1, 0.15) is 34.1 Å². The highest BCUT2D eigenvalue weighted by Gasteiger charge is 2.48. The standard InChI is InChI=1S/C40H36F6O10/c1-3-33(47)53-25-7-5-23-51-29-15-9-27(10-16-29)13-21-35(49)55-31-19-20-32(38(40(44,45)46)37(31)39(41,42)43)56-36(50)22-14-28-11-17-30(18-12-28)52-24-6-8-26-54-34(48)4-2/h3-4,9-22H,1-2,5-8,23-26H2. The molecule has 0 spiro atoms. The van der Waals surface area contributed by atoms with E-state index < -0.39 is 58.9 Å². The van der Waals surface area contributed by atoms with Crippen molar-refractivity contribution in [1.29, 1.82) is 0 Å². The van der Waals surface area contributed by atoms with E-state index in [-0.39, 0.29) is 13.2 Å². The first kappa shape index (κ1) is 44.1. The van der Waals surface area contributed by atoms with Gasteiger partial charge in [-0.2, -0.15) is 26.3 Å². The molecule has 0 amide bonds. The fraction of sp³-hybridized carbons (Fsp3) is 0.250. The van der Waals surface area contributed by atoms with Crippen LogP contribution < -0.4 is 18.9 Å². The summed E-state index contributed by atoms with van der Waals surface area (Å²) < 4.78 is 115. The van der Waals surface area contributed by atoms with Crippen molar-refractivity contribution < 1.29 is 73.9 Å². The van der Waals surface area contributed by atoms with Gasteiger partial charge in [-0.25, -0.2) is 19.2 Å². The molecular formula is C40H36F6O10. The van der Waals surface area contributed by atoms with Crippen molar-refractivity contribution in [2.24, 2.45) is 0 Å². The Hall–Kier alpha value is -6.32. The lowest BCUT2D eigenvalue weighted by molar-refractivity contribution is -0.164. The minimum absolute atomic E-state index is 0.197. The maximum Gasteiger partial charge on any atom is 0.420 e. The van der Waals surface area contributed by atoms with Crippen molar-refractivity contribution in [3.63, 3.8) is 0 Å². The lowest BCUT2D eigenvalue weighted by Crippen LogP contribution is -2.21. The van der Waals surface area contributed by atoms with Crippen LogP contribution in [-0.4, -0.2) is 50.3 Å². The number of carbonyl (C=O) groups excluding carboxylic acids is 4. The molecule has 0 aliphatic rings. The lowest BCUT2D eigenvalue weighted by atomic mass is 10.0. The first-order chi connectivity index (χ1) is 26.6. The Bertz CT molecular complexity index is 1740. The fourth-order valence-corrected chi connectivity index (χ4v) is 4.51. The van der Waals surface area contributed by atoms with Gasteiger partial charge in [0.15, 0.2) is 0 Å². The summed E-state index contributed by atoms with van der Waals surface area (Å²) in [5.74, 6) is -5.92. The molecule has 16 heteroatoms. The number of benzene rings is 3. The van der Waals surface area contributed by atoms with Crippen molar-refractivity contribution in [3.05, 3.63) is 120 Å². The predicted octanol–water partition coefficient (Wildman–Crippen LogP) is 8.74. The van der Waals surface area contributed by atoms with Crippen LogP contribution in [0.5, 0.6) is 23.0 Å². The summed E-state index contributed by atoms with van der Waals surface area (Å²) in [6.45, 7) is 7.58. The number of ether oxygens (including phenoxy) is 6. The second-order valence-electron chi connectivity index (χ2n) is 11.3. The summed E-state index contributed by atoms with van der Waals surface area (Å²) in [7, 11) is 0. The average molecular weight is 791 g/mol. The summed E-state index contributed by atoms with van der Waals surface area (Å²) in [4.78, 5) is 47.0. The monoisotopic (exact) mass is 790 g/mol. The Morgan fingerprint density at radius 2 is 0.839 bits per heavy atom. The quantitative estimate of drug-likeness (QED) is 0.0361. The van der Waals surface area contributed by atoms with Crippen molar-refractivity contribution >= 4 is 36.0 Å². The highest BCUT2D eigenvalue weighted by Crippen LogP contribution is 2.49. The second-order valence-corrected chi connectivity index (χ2v) is 11.3. The van der Waals surface area contributed by atoms with Gasteiger partial charge >= 0.3 is 36.2 Å². The highest BCUT2D eigenvalue weighted by atomic mass is 19.4. The van der Waals surface area contributed by atoms with Crippen LogP contribution in [0.25, 0.3) is 12.2 Å². The van der Waals surface area contributed by atoms with E-state index in [0.717, 1.165) is 36.5 Å². The smallest absolute Gasteiger partial charge is 0.420 e. The van der Waals surface area contributed by atoms with E-state index in [2.05, 4.69) is 13.2 Å². The van der Waals surface area contributed by atoms with Crippen molar-refractivity contribution in [3.8, 4) is 23.0 Å². The topological polar surface area (TPSA) is 124 Å². The predicted molar refractivity (Wildman–Crippen MR) is 190 cm³/mol. The molecular weight excluding hydrogens is 754 g/mol. The van der Waals surface area contributed by atoms with Crippen LogP contribution in [-0.2, 0) is 41.0 Å². The molecule has 3 aromatic rings. The van der Waals surface area contributed by atoms with Crippen LogP contribution in [0.1, 0.15) is 47.9 Å². The molecule has 0 aliphatic carbocycles. The summed E-state index contributed by atoms with van der Waals surface area (Å²) in [5, 5.41) is 0. The molecule has 0 aliphatic heterocycles. The van der Waals surface area contributed by atoms with E-state index >= 15 is 0 Å². The average Bonchev–Trinajstić information content (AvgIpc) is 3.16. The van der Waals surface area contributed by atoms with Crippen LogP contribution in [0.15, 0.2) is 98.1 Å². The number of hydrogen-bond acceptors (Lipinski definition) is 10. The van der Waals surface area contributed by atoms with Crippen LogP contribution in [0.2, 0.25) is 0 Å². The summed E-state index contributed by atoms with van der Waals surface area (Å²) in [6, 6.07) is 13.1. The Balaban J connectivity index is 1.63. The highest BCUT2D eigenvalue weighted by molar-refractivity contribution is 5.90. The molecule has 0 aromatic heterocycles. The zero-order valence-corrected chi connectivity index (χ0v) is 29.7. The van der Waals surface area contributed by atoms with Crippen molar-refractivity contribution in [2.45, 2.75) is 38.0 Å². The van der Waals surface area contributed by atoms with Crippen LogP contribution in [0, 0.1) is 0 Å². The number of esters is 4. The third-order valence-corrected chi connectivity index (χ3v) is 7.14. The second kappa shape index (κ2) is 21.5. The van der Waals surface area contributed by atoms with Crippen LogP contribution >= 0.6 is 0 Å². The van der Waals surface area contributed by atoms with Gasteiger partial charge in [-0.05, 0) is 85.4 Å². The van der Waals surface area contributed by atoms with E-state index in [4.69, 9.17) is 28.4 Å². The van der Waals surface area contributed by atoms with Gasteiger partial charge in [-0.3, -0.25) is 0 Å². The number of hydrogen-bond donors (Lipinski definition) is 0. The SMILES string of the molecule is C=CC(=O)OCCCCOc1ccc(C=CC(=O)Oc2ccc(OC(=O)C=Cc3ccc(OCCCCOC(=O)C=C)cc3)c(C(F)(F)F)c2C(F)(F)F)cc1. The minimum Gasteiger partial charge on any atom is -0.494 e. The molecule has 56 heavy (non-hydrogen) atoms. The summed E-state index contributed by atoms with van der Waals surface area (Å²) in [6.07, 6.45) is -3.29. The molecule has 0 heterocycles. The maximum absolute atomic E-state index is 14.1. The van der Waals surface area contributed by atoms with Gasteiger partial charge < -0.3 is 28.4 Å². The minimum atomic E-state index is -5.70. The van der Waals surface area contributed by atoms with E-state index in [1.807, 2.05) is 0 Å². The van der Waals surface area contributed by atoms with E-state index in [9.17, 15) is 45.5 Å². The van der Waals surface area contributed by atoms with Crippen LogP contribution in [0.3, 0.4) is 0 Å². The molecule has 0 radical (unpaired) electrons. The van der Waals surface area contributed by atoms with E-state index in [0.29, 0.717) is 73.7 Å². The number of carbonyl (C=O) groups is 4. The molecule has 0 saturated heterocycles. The molecule has 0 saturated carbocycles. The van der Waals surface area contributed by atoms with Gasteiger partial charge in [0.05, 0.1) is 26.4 Å². The summed E-state index contributed by atoms with van der Waals surface area (Å²) >= 11 is 0. The number of halogens is 6. The largest absolute Gasteiger partial charge is 0.494 e. The molecule has 298 valence electrons. The molecule has 0 bridgehead atoms. The number of alkyl halides is 6. The Labute approximate surface area is 317 Å². The molecule has 0 fully saturated rings. The molecule has 0 unspecified atom stereocenters. The van der Waals surface area contributed by atoms with Gasteiger partial charge in [0.25, 0.3) is 0 Å². The zero-order chi connectivity index (χ0) is 41.1. The third-order valence-electron chi connectivity index (χ3n) is 7.14. The fourth-order valence-electron chi connectivity index (χ4n) is 4.51. The number of rotatable bonds is 20. The van der Waals surface area contributed by atoms with E-state index in [1.165, 1.54) is 24.3 Å². The van der Waals surface area contributed by atoms with Crippen LogP contribution in [0.4, 0.5) is 26.3 Å². The first-order valence-electron chi connectivity index (χ1n) is 16.8. The molecule has 3 aromatic carbocycles. The van der Waals surface area contributed by atoms with Gasteiger partial charge in [0.2, 0.25) is 0 Å². The molecule has 3 rings (SSSR count). The van der Waals surface area contributed by atoms with Gasteiger partial charge in [0, 0.05) is 24.3 Å². The van der Waals surface area contributed by atoms with Gasteiger partial charge in [-0.15, -0.1) is 0 Å². The van der Waals surface area contributed by atoms with E-state index in [1.54, 1.807) is 24.3 Å². The number of unbranched alkanes of at least 4 members (excludes halogenated alkanes) is 2. The third kappa shape index (κ3) is 15.2. The normalized spacial score (nSPS) is 11.5. The Morgan fingerprint density at radius 1 is 0.500 bits per heavy atom. The molecule has 0 N–H and O–H groups in total. The van der Waals surface area contributed by atoms with Crippen molar-refractivity contribution in [2.75, 3.05) is 26.4 Å². The first-order valence-corrected chi connectivity index (χ1v) is 16.8. The molecule has 10 nitrogen and oxygen atoms in total. The molecule has 0 atom stereocenters.